The van der Waals surface area contributed by atoms with Crippen LogP contribution in [-0.4, -0.2) is 16.5 Å². The van der Waals surface area contributed by atoms with Gasteiger partial charge in [-0.15, -0.1) is 11.3 Å². The highest BCUT2D eigenvalue weighted by Crippen LogP contribution is 2.13. The van der Waals surface area contributed by atoms with E-state index in [4.69, 9.17) is 11.6 Å². The summed E-state index contributed by atoms with van der Waals surface area (Å²) in [6.07, 6.45) is 1.79. The van der Waals surface area contributed by atoms with Crippen LogP contribution in [0.4, 0.5) is 5.82 Å². The summed E-state index contributed by atoms with van der Waals surface area (Å²) in [5.74, 6) is 1.58. The Kier molecular flexibility index (Phi) is 4.34. The quantitative estimate of drug-likeness (QED) is 0.844. The van der Waals surface area contributed by atoms with E-state index in [-0.39, 0.29) is 0 Å². The van der Waals surface area contributed by atoms with Gasteiger partial charge < -0.3 is 5.32 Å². The summed E-state index contributed by atoms with van der Waals surface area (Å²) < 4.78 is 0. The molecule has 5 heteroatoms. The Hall–Kier alpha value is -1.13. The van der Waals surface area contributed by atoms with Crippen molar-refractivity contribution in [2.24, 2.45) is 0 Å². The number of aryl methyl sites for hydroxylation is 1. The van der Waals surface area contributed by atoms with Crippen LogP contribution < -0.4 is 5.32 Å². The van der Waals surface area contributed by atoms with Gasteiger partial charge in [-0.1, -0.05) is 24.6 Å². The zero-order valence-electron chi connectivity index (χ0n) is 9.61. The molecule has 0 unspecified atom stereocenters. The predicted molar refractivity (Wildman–Crippen MR) is 72.9 cm³/mol. The number of rotatable bonds is 5. The summed E-state index contributed by atoms with van der Waals surface area (Å²) >= 11 is 7.69. The molecule has 2 rings (SSSR count). The van der Waals surface area contributed by atoms with Gasteiger partial charge in [-0.25, -0.2) is 9.97 Å². The third-order valence-corrected chi connectivity index (χ3v) is 3.44. The highest BCUT2D eigenvalue weighted by molar-refractivity contribution is 7.09. The average molecular weight is 268 g/mol. The van der Waals surface area contributed by atoms with Gasteiger partial charge in [0.25, 0.3) is 0 Å². The number of hydrogen-bond donors (Lipinski definition) is 1. The van der Waals surface area contributed by atoms with Crippen LogP contribution in [0.1, 0.15) is 17.6 Å². The topological polar surface area (TPSA) is 37.8 Å². The van der Waals surface area contributed by atoms with Crippen molar-refractivity contribution < 1.29 is 0 Å². The lowest BCUT2D eigenvalue weighted by Gasteiger charge is -2.06. The van der Waals surface area contributed by atoms with Crippen LogP contribution in [0.15, 0.2) is 23.6 Å². The van der Waals surface area contributed by atoms with Gasteiger partial charge in [0, 0.05) is 23.9 Å². The van der Waals surface area contributed by atoms with Crippen molar-refractivity contribution in [1.29, 1.82) is 0 Å². The number of nitrogens with one attached hydrogen (secondary N) is 1. The number of anilines is 1. The summed E-state index contributed by atoms with van der Waals surface area (Å²) in [6, 6.07) is 5.96. The molecule has 2 aromatic heterocycles. The van der Waals surface area contributed by atoms with Crippen molar-refractivity contribution in [2.75, 3.05) is 11.9 Å². The molecule has 0 radical (unpaired) electrons. The molecule has 0 aliphatic carbocycles. The lowest BCUT2D eigenvalue weighted by Crippen LogP contribution is -2.07. The average Bonchev–Trinajstić information content (AvgIpc) is 2.81. The summed E-state index contributed by atoms with van der Waals surface area (Å²) in [5, 5.41) is 5.85. The molecule has 90 valence electrons. The van der Waals surface area contributed by atoms with Crippen molar-refractivity contribution in [3.05, 3.63) is 39.4 Å². The second-order valence-electron chi connectivity index (χ2n) is 3.60. The van der Waals surface area contributed by atoms with Gasteiger partial charge in [0.05, 0.1) is 0 Å². The van der Waals surface area contributed by atoms with Crippen LogP contribution in [0.25, 0.3) is 0 Å². The van der Waals surface area contributed by atoms with Crippen LogP contribution in [0.3, 0.4) is 0 Å². The second kappa shape index (κ2) is 5.98. The minimum absolute atomic E-state index is 0.496. The summed E-state index contributed by atoms with van der Waals surface area (Å²) in [6.45, 7) is 2.87. The lowest BCUT2D eigenvalue weighted by molar-refractivity contribution is 0.928. The normalized spacial score (nSPS) is 10.5. The summed E-state index contributed by atoms with van der Waals surface area (Å²) in [5.41, 5.74) is 0. The van der Waals surface area contributed by atoms with Crippen LogP contribution in [-0.2, 0) is 12.8 Å². The molecule has 0 bridgehead atoms. The van der Waals surface area contributed by atoms with Gasteiger partial charge in [0.2, 0.25) is 0 Å². The molecule has 0 amide bonds. The molecule has 1 N–H and O–H groups in total. The first-order chi connectivity index (χ1) is 8.28. The van der Waals surface area contributed by atoms with Crippen molar-refractivity contribution in [2.45, 2.75) is 19.8 Å². The third-order valence-electron chi connectivity index (χ3n) is 2.32. The lowest BCUT2D eigenvalue weighted by atomic mass is 10.3. The molecule has 0 saturated heterocycles. The van der Waals surface area contributed by atoms with Gasteiger partial charge in [0.15, 0.2) is 0 Å². The summed E-state index contributed by atoms with van der Waals surface area (Å²) in [4.78, 5) is 9.86. The monoisotopic (exact) mass is 267 g/mol. The molecule has 2 heterocycles. The smallest absolute Gasteiger partial charge is 0.134 e. The van der Waals surface area contributed by atoms with Gasteiger partial charge in [-0.3, -0.25) is 0 Å². The zero-order valence-corrected chi connectivity index (χ0v) is 11.2. The molecule has 0 saturated carbocycles. The maximum Gasteiger partial charge on any atom is 0.134 e. The van der Waals surface area contributed by atoms with Gasteiger partial charge in [0.1, 0.15) is 16.8 Å². The van der Waals surface area contributed by atoms with E-state index in [1.165, 1.54) is 4.88 Å². The fraction of sp³-hybridized carbons (Fsp3) is 0.333. The predicted octanol–water partition coefficient (Wildman–Crippen LogP) is 3.41. The molecule has 17 heavy (non-hydrogen) atoms. The Labute approximate surface area is 110 Å². The largest absolute Gasteiger partial charge is 0.370 e. The van der Waals surface area contributed by atoms with E-state index in [0.29, 0.717) is 5.15 Å². The Balaban J connectivity index is 1.92. The van der Waals surface area contributed by atoms with Gasteiger partial charge in [-0.05, 0) is 17.9 Å². The molecule has 0 atom stereocenters. The number of halogens is 1. The van der Waals surface area contributed by atoms with E-state index < -0.39 is 0 Å². The zero-order chi connectivity index (χ0) is 12.1. The molecule has 0 aliphatic rings. The van der Waals surface area contributed by atoms with Gasteiger partial charge in [-0.2, -0.15) is 0 Å². The minimum atomic E-state index is 0.496. The van der Waals surface area contributed by atoms with E-state index in [0.717, 1.165) is 31.0 Å². The maximum absolute atomic E-state index is 5.92. The van der Waals surface area contributed by atoms with E-state index in [1.54, 1.807) is 17.4 Å². The van der Waals surface area contributed by atoms with E-state index in [9.17, 15) is 0 Å². The number of hydrogen-bond acceptors (Lipinski definition) is 4. The third kappa shape index (κ3) is 3.68. The molecule has 0 aromatic carbocycles. The van der Waals surface area contributed by atoms with Crippen molar-refractivity contribution in [3.8, 4) is 0 Å². The molecule has 0 aliphatic heterocycles. The molecular weight excluding hydrogens is 254 g/mol. The minimum Gasteiger partial charge on any atom is -0.370 e. The van der Waals surface area contributed by atoms with Crippen molar-refractivity contribution in [3.63, 3.8) is 0 Å². The first-order valence-electron chi connectivity index (χ1n) is 5.57. The first kappa shape index (κ1) is 12.3. The Bertz CT molecular complexity index is 471. The van der Waals surface area contributed by atoms with Crippen LogP contribution >= 0.6 is 22.9 Å². The van der Waals surface area contributed by atoms with Crippen LogP contribution in [0.2, 0.25) is 5.15 Å². The second-order valence-corrected chi connectivity index (χ2v) is 5.02. The van der Waals surface area contributed by atoms with E-state index >= 15 is 0 Å². The number of thiophene rings is 1. The highest BCUT2D eigenvalue weighted by Gasteiger charge is 2.01. The van der Waals surface area contributed by atoms with Crippen molar-refractivity contribution >= 4 is 28.8 Å². The standard InChI is InChI=1S/C12H14ClN3S/c1-2-11-15-10(13)8-12(16-11)14-6-5-9-4-3-7-17-9/h3-4,7-8H,2,5-6H2,1H3,(H,14,15,16). The Morgan fingerprint density at radius 3 is 3.00 bits per heavy atom. The first-order valence-corrected chi connectivity index (χ1v) is 6.83. The number of aromatic nitrogens is 2. The van der Waals surface area contributed by atoms with Crippen LogP contribution in [0.5, 0.6) is 0 Å². The molecule has 2 aromatic rings. The number of nitrogens with zero attached hydrogens (tertiary/aromatic N) is 2. The van der Waals surface area contributed by atoms with E-state index in [1.807, 2.05) is 6.92 Å². The molecular formula is C12H14ClN3S. The molecule has 0 fully saturated rings. The van der Waals surface area contributed by atoms with Gasteiger partial charge >= 0.3 is 0 Å². The fourth-order valence-electron chi connectivity index (χ4n) is 1.48. The van der Waals surface area contributed by atoms with Crippen LogP contribution in [0, 0.1) is 0 Å². The fourth-order valence-corrected chi connectivity index (χ4v) is 2.39. The summed E-state index contributed by atoms with van der Waals surface area (Å²) in [7, 11) is 0. The Morgan fingerprint density at radius 2 is 2.29 bits per heavy atom. The van der Waals surface area contributed by atoms with Crippen molar-refractivity contribution in [1.82, 2.24) is 9.97 Å². The highest BCUT2D eigenvalue weighted by atomic mass is 35.5. The maximum atomic E-state index is 5.92. The Morgan fingerprint density at radius 1 is 1.41 bits per heavy atom. The SMILES string of the molecule is CCc1nc(Cl)cc(NCCc2cccs2)n1. The molecule has 3 nitrogen and oxygen atoms in total. The molecule has 0 spiro atoms. The van der Waals surface area contributed by atoms with E-state index in [2.05, 4.69) is 32.8 Å².